The van der Waals surface area contributed by atoms with Crippen molar-refractivity contribution < 1.29 is 4.79 Å². The molecule has 9 nitrogen and oxygen atoms in total. The summed E-state index contributed by atoms with van der Waals surface area (Å²) in [7, 11) is 3.57. The number of nitrogens with one attached hydrogen (secondary N) is 1. The van der Waals surface area contributed by atoms with Gasteiger partial charge in [0.15, 0.2) is 0 Å². The van der Waals surface area contributed by atoms with Gasteiger partial charge in [-0.1, -0.05) is 12.8 Å². The van der Waals surface area contributed by atoms with E-state index in [2.05, 4.69) is 35.8 Å². The van der Waals surface area contributed by atoms with E-state index in [-0.39, 0.29) is 5.91 Å². The van der Waals surface area contributed by atoms with Crippen LogP contribution in [-0.2, 0) is 0 Å². The van der Waals surface area contributed by atoms with E-state index in [4.69, 9.17) is 4.98 Å². The number of fused-ring (bicyclic) bond motifs is 1. The van der Waals surface area contributed by atoms with Crippen molar-refractivity contribution in [3.8, 4) is 0 Å². The minimum Gasteiger partial charge on any atom is -0.368 e. The highest BCUT2D eigenvalue weighted by atomic mass is 16.2. The highest BCUT2D eigenvalue weighted by Crippen LogP contribution is 2.35. The van der Waals surface area contributed by atoms with E-state index in [1.165, 1.54) is 12.8 Å². The fraction of sp³-hybridized carbons (Fsp3) is 0.458. The number of aliphatic imine (C=N–C) groups is 1. The van der Waals surface area contributed by atoms with Crippen molar-refractivity contribution in [2.75, 3.05) is 43.9 Å². The van der Waals surface area contributed by atoms with Crippen LogP contribution in [0.2, 0.25) is 0 Å². The lowest BCUT2D eigenvalue weighted by atomic mass is 10.2. The van der Waals surface area contributed by atoms with Crippen LogP contribution in [0.3, 0.4) is 0 Å². The molecule has 0 saturated heterocycles. The molecule has 33 heavy (non-hydrogen) atoms. The number of amides is 1. The van der Waals surface area contributed by atoms with Gasteiger partial charge in [0.05, 0.1) is 18.4 Å². The maximum absolute atomic E-state index is 12.9. The second-order valence-corrected chi connectivity index (χ2v) is 8.90. The van der Waals surface area contributed by atoms with Crippen LogP contribution in [-0.4, -0.2) is 70.3 Å². The molecule has 1 fully saturated rings. The maximum Gasteiger partial charge on any atom is 0.270 e. The Labute approximate surface area is 193 Å². The molecule has 2 aliphatic rings. The second-order valence-electron chi connectivity index (χ2n) is 8.90. The smallest absolute Gasteiger partial charge is 0.270 e. The minimum atomic E-state index is -0.00872. The number of nitrogens with zero attached hydrogens (tertiary/aromatic N) is 7. The standard InChI is InChI=1S/C24H30N8O/c1-30(2)23(33)20-14-17-15-27-24(29-22(17)32(20)18-6-3-4-7-18)28-21-9-8-19(16-26-21)31-12-5-10-25-11-13-31/h8-10,14-16,18H,3-7,11-13H2,1-2H3,(H,26,27,28,29). The average molecular weight is 447 g/mol. The van der Waals surface area contributed by atoms with Gasteiger partial charge >= 0.3 is 0 Å². The van der Waals surface area contributed by atoms with Gasteiger partial charge in [0.2, 0.25) is 5.95 Å². The summed E-state index contributed by atoms with van der Waals surface area (Å²) in [5.41, 5.74) is 2.56. The fourth-order valence-corrected chi connectivity index (χ4v) is 4.70. The van der Waals surface area contributed by atoms with E-state index in [9.17, 15) is 4.79 Å². The number of pyridine rings is 1. The molecule has 172 valence electrons. The topological polar surface area (TPSA) is 91.5 Å². The molecule has 5 rings (SSSR count). The summed E-state index contributed by atoms with van der Waals surface area (Å²) in [4.78, 5) is 35.0. The number of anilines is 3. The van der Waals surface area contributed by atoms with Gasteiger partial charge in [0.25, 0.3) is 5.91 Å². The summed E-state index contributed by atoms with van der Waals surface area (Å²) >= 11 is 0. The maximum atomic E-state index is 12.9. The van der Waals surface area contributed by atoms with Gasteiger partial charge < -0.3 is 19.7 Å². The van der Waals surface area contributed by atoms with Crippen molar-refractivity contribution in [1.82, 2.24) is 24.4 Å². The molecular weight excluding hydrogens is 416 g/mol. The first-order chi connectivity index (χ1) is 16.1. The zero-order chi connectivity index (χ0) is 22.8. The molecule has 3 aromatic heterocycles. The number of rotatable bonds is 5. The zero-order valence-electron chi connectivity index (χ0n) is 19.2. The SMILES string of the molecule is CN(C)C(=O)c1cc2cnc(Nc3ccc(N4CCC=NCC4)cn3)nc2n1C1CCCC1. The number of carbonyl (C=O) groups excluding carboxylic acids is 1. The summed E-state index contributed by atoms with van der Waals surface area (Å²) in [5.74, 6) is 1.16. The molecule has 0 spiro atoms. The van der Waals surface area contributed by atoms with Crippen LogP contribution in [0.5, 0.6) is 0 Å². The monoisotopic (exact) mass is 446 g/mol. The fourth-order valence-electron chi connectivity index (χ4n) is 4.70. The highest BCUT2D eigenvalue weighted by molar-refractivity contribution is 5.97. The molecule has 0 aromatic carbocycles. The number of hydrogen-bond donors (Lipinski definition) is 1. The van der Waals surface area contributed by atoms with Crippen molar-refractivity contribution in [1.29, 1.82) is 0 Å². The molecule has 4 heterocycles. The van der Waals surface area contributed by atoms with Gasteiger partial charge in [-0.2, -0.15) is 4.98 Å². The third-order valence-electron chi connectivity index (χ3n) is 6.40. The quantitative estimate of drug-likeness (QED) is 0.643. The molecule has 0 radical (unpaired) electrons. The largest absolute Gasteiger partial charge is 0.368 e. The number of aromatic nitrogens is 4. The first-order valence-corrected chi connectivity index (χ1v) is 11.7. The lowest BCUT2D eigenvalue weighted by molar-refractivity contribution is 0.0815. The van der Waals surface area contributed by atoms with Crippen LogP contribution >= 0.6 is 0 Å². The Balaban J connectivity index is 1.42. The van der Waals surface area contributed by atoms with Crippen LogP contribution in [0.25, 0.3) is 11.0 Å². The number of hydrogen-bond acceptors (Lipinski definition) is 7. The summed E-state index contributed by atoms with van der Waals surface area (Å²) in [6, 6.07) is 6.22. The molecule has 1 aliphatic heterocycles. The number of carbonyl (C=O) groups is 1. The lowest BCUT2D eigenvalue weighted by Gasteiger charge is -2.21. The van der Waals surface area contributed by atoms with Gasteiger partial charge in [0, 0.05) is 51.0 Å². The van der Waals surface area contributed by atoms with Crippen LogP contribution in [0.15, 0.2) is 35.6 Å². The van der Waals surface area contributed by atoms with Crippen LogP contribution in [0, 0.1) is 0 Å². The molecule has 1 saturated carbocycles. The van der Waals surface area contributed by atoms with E-state index < -0.39 is 0 Å². The van der Waals surface area contributed by atoms with Crippen molar-refractivity contribution in [3.63, 3.8) is 0 Å². The van der Waals surface area contributed by atoms with Crippen molar-refractivity contribution in [2.24, 2.45) is 4.99 Å². The first kappa shape index (κ1) is 21.4. The Morgan fingerprint density at radius 1 is 1.12 bits per heavy atom. The van der Waals surface area contributed by atoms with E-state index in [1.807, 2.05) is 24.5 Å². The zero-order valence-corrected chi connectivity index (χ0v) is 19.2. The Morgan fingerprint density at radius 2 is 1.97 bits per heavy atom. The van der Waals surface area contributed by atoms with Gasteiger partial charge in [-0.25, -0.2) is 9.97 Å². The summed E-state index contributed by atoms with van der Waals surface area (Å²) in [6.07, 6.45) is 11.1. The lowest BCUT2D eigenvalue weighted by Crippen LogP contribution is -2.26. The Bertz CT molecular complexity index is 1150. The molecule has 0 atom stereocenters. The third kappa shape index (κ3) is 4.40. The molecule has 1 aliphatic carbocycles. The van der Waals surface area contributed by atoms with Gasteiger partial charge in [-0.3, -0.25) is 9.79 Å². The van der Waals surface area contributed by atoms with Crippen molar-refractivity contribution in [3.05, 3.63) is 36.3 Å². The molecule has 9 heteroatoms. The molecule has 0 unspecified atom stereocenters. The average Bonchev–Trinajstić information content (AvgIpc) is 3.39. The van der Waals surface area contributed by atoms with E-state index in [0.29, 0.717) is 23.5 Å². The Hall–Kier alpha value is -3.49. The van der Waals surface area contributed by atoms with E-state index in [1.54, 1.807) is 25.2 Å². The van der Waals surface area contributed by atoms with Crippen LogP contribution in [0.4, 0.5) is 17.5 Å². The van der Waals surface area contributed by atoms with Crippen LogP contribution in [0.1, 0.15) is 48.6 Å². The molecular formula is C24H30N8O. The Kier molecular flexibility index (Phi) is 5.93. The van der Waals surface area contributed by atoms with Gasteiger partial charge in [-0.15, -0.1) is 0 Å². The van der Waals surface area contributed by atoms with E-state index in [0.717, 1.165) is 55.6 Å². The minimum absolute atomic E-state index is 0.00872. The summed E-state index contributed by atoms with van der Waals surface area (Å²) < 4.78 is 2.12. The highest BCUT2D eigenvalue weighted by Gasteiger charge is 2.26. The van der Waals surface area contributed by atoms with Gasteiger partial charge in [0.1, 0.15) is 17.2 Å². The van der Waals surface area contributed by atoms with Crippen molar-refractivity contribution in [2.45, 2.75) is 38.1 Å². The van der Waals surface area contributed by atoms with Crippen molar-refractivity contribution >= 4 is 40.6 Å². The predicted molar refractivity (Wildman–Crippen MR) is 131 cm³/mol. The molecule has 3 aromatic rings. The summed E-state index contributed by atoms with van der Waals surface area (Å²) in [5, 5.41) is 4.11. The second kappa shape index (κ2) is 9.17. The predicted octanol–water partition coefficient (Wildman–Crippen LogP) is 3.67. The third-order valence-corrected chi connectivity index (χ3v) is 6.40. The van der Waals surface area contributed by atoms with Crippen LogP contribution < -0.4 is 10.2 Å². The molecule has 1 amide bonds. The summed E-state index contributed by atoms with van der Waals surface area (Å²) in [6.45, 7) is 2.66. The normalized spacial score (nSPS) is 16.8. The first-order valence-electron chi connectivity index (χ1n) is 11.7. The van der Waals surface area contributed by atoms with E-state index >= 15 is 0 Å². The molecule has 0 bridgehead atoms. The Morgan fingerprint density at radius 3 is 2.73 bits per heavy atom. The molecule has 1 N–H and O–H groups in total. The van der Waals surface area contributed by atoms with Gasteiger partial charge in [-0.05, 0) is 37.5 Å².